The lowest BCUT2D eigenvalue weighted by Gasteiger charge is -2.19. The number of nitrogens with one attached hydrogen (secondary N) is 2. The molecular weight excluding hydrogens is 204 g/mol. The van der Waals surface area contributed by atoms with E-state index in [0.717, 1.165) is 45.3 Å². The van der Waals surface area contributed by atoms with E-state index in [2.05, 4.69) is 24.5 Å². The largest absolute Gasteiger partial charge is 0.385 e. The molecule has 0 heterocycles. The Morgan fingerprint density at radius 1 is 1.25 bits per heavy atom. The van der Waals surface area contributed by atoms with E-state index in [4.69, 9.17) is 4.74 Å². The summed E-state index contributed by atoms with van der Waals surface area (Å²) in [4.78, 5) is 0. The fraction of sp³-hybridized carbons (Fsp3) is 1.00. The standard InChI is InChI=1S/C12H28N2O2/c1-4-8-11(2)14-12(15)13-9-6-5-7-10-16-3/h11-15H,4-10H2,1-3H3. The van der Waals surface area contributed by atoms with E-state index >= 15 is 0 Å². The predicted molar refractivity (Wildman–Crippen MR) is 67.2 cm³/mol. The van der Waals surface area contributed by atoms with Gasteiger partial charge in [-0.3, -0.25) is 10.6 Å². The van der Waals surface area contributed by atoms with Gasteiger partial charge in [-0.2, -0.15) is 0 Å². The predicted octanol–water partition coefficient (Wildman–Crippen LogP) is 1.45. The van der Waals surface area contributed by atoms with E-state index in [-0.39, 0.29) is 0 Å². The van der Waals surface area contributed by atoms with Crippen molar-refractivity contribution < 1.29 is 9.84 Å². The highest BCUT2D eigenvalue weighted by Crippen LogP contribution is 1.96. The molecule has 4 nitrogen and oxygen atoms in total. The molecule has 0 aliphatic carbocycles. The number of ether oxygens (including phenoxy) is 1. The summed E-state index contributed by atoms with van der Waals surface area (Å²) in [5.74, 6) is 0. The topological polar surface area (TPSA) is 53.5 Å². The zero-order valence-corrected chi connectivity index (χ0v) is 11.0. The van der Waals surface area contributed by atoms with E-state index in [9.17, 15) is 5.11 Å². The Morgan fingerprint density at radius 3 is 2.62 bits per heavy atom. The molecule has 2 unspecified atom stereocenters. The average Bonchev–Trinajstić information content (AvgIpc) is 2.23. The minimum atomic E-state index is -0.580. The van der Waals surface area contributed by atoms with Crippen molar-refractivity contribution in [3.05, 3.63) is 0 Å². The molecule has 0 radical (unpaired) electrons. The van der Waals surface area contributed by atoms with Crippen molar-refractivity contribution in [2.75, 3.05) is 20.3 Å². The second kappa shape index (κ2) is 11.3. The third-order valence-electron chi connectivity index (χ3n) is 2.53. The second-order valence-electron chi connectivity index (χ2n) is 4.27. The van der Waals surface area contributed by atoms with E-state index in [1.165, 1.54) is 0 Å². The Hall–Kier alpha value is -0.160. The van der Waals surface area contributed by atoms with Crippen molar-refractivity contribution in [1.29, 1.82) is 0 Å². The van der Waals surface area contributed by atoms with Gasteiger partial charge in [0.25, 0.3) is 0 Å². The molecule has 4 heteroatoms. The highest BCUT2D eigenvalue weighted by atomic mass is 16.5. The molecule has 0 saturated carbocycles. The molecule has 2 atom stereocenters. The molecule has 0 saturated heterocycles. The van der Waals surface area contributed by atoms with Crippen LogP contribution in [0.1, 0.15) is 46.0 Å². The van der Waals surface area contributed by atoms with Crippen molar-refractivity contribution in [2.45, 2.75) is 58.3 Å². The summed E-state index contributed by atoms with van der Waals surface area (Å²) in [6.07, 6.45) is 4.95. The molecule has 0 fully saturated rings. The first-order valence-electron chi connectivity index (χ1n) is 6.37. The molecular formula is C12H28N2O2. The molecule has 0 aromatic carbocycles. The first-order chi connectivity index (χ1) is 7.70. The van der Waals surface area contributed by atoms with Crippen molar-refractivity contribution in [3.8, 4) is 0 Å². The molecule has 3 N–H and O–H groups in total. The van der Waals surface area contributed by atoms with E-state index < -0.39 is 6.35 Å². The molecule has 0 bridgehead atoms. The first kappa shape index (κ1) is 15.8. The van der Waals surface area contributed by atoms with Gasteiger partial charge in [0.05, 0.1) is 0 Å². The summed E-state index contributed by atoms with van der Waals surface area (Å²) in [6.45, 7) is 5.91. The Morgan fingerprint density at radius 2 is 2.00 bits per heavy atom. The van der Waals surface area contributed by atoms with Crippen LogP contribution in [0.25, 0.3) is 0 Å². The molecule has 0 amide bonds. The lowest BCUT2D eigenvalue weighted by molar-refractivity contribution is 0.0884. The SMILES string of the molecule is CCCC(C)NC(O)NCCCCCOC. The summed E-state index contributed by atoms with van der Waals surface area (Å²) < 4.78 is 4.97. The quantitative estimate of drug-likeness (QED) is 0.373. The summed E-state index contributed by atoms with van der Waals surface area (Å²) >= 11 is 0. The van der Waals surface area contributed by atoms with Gasteiger partial charge in [0, 0.05) is 19.8 Å². The summed E-state index contributed by atoms with van der Waals surface area (Å²) in [5.41, 5.74) is 0. The van der Waals surface area contributed by atoms with Crippen molar-refractivity contribution in [1.82, 2.24) is 10.6 Å². The molecule has 0 aromatic rings. The fourth-order valence-corrected chi connectivity index (χ4v) is 1.63. The van der Waals surface area contributed by atoms with E-state index in [1.807, 2.05) is 0 Å². The van der Waals surface area contributed by atoms with Crippen molar-refractivity contribution in [3.63, 3.8) is 0 Å². The molecule has 0 aliphatic heterocycles. The van der Waals surface area contributed by atoms with Gasteiger partial charge in [0.2, 0.25) is 0 Å². The molecule has 16 heavy (non-hydrogen) atoms. The number of hydrogen-bond acceptors (Lipinski definition) is 4. The van der Waals surface area contributed by atoms with Crippen LogP contribution in [0.2, 0.25) is 0 Å². The van der Waals surface area contributed by atoms with Gasteiger partial charge in [-0.25, -0.2) is 0 Å². The molecule has 0 aliphatic rings. The van der Waals surface area contributed by atoms with Gasteiger partial charge >= 0.3 is 0 Å². The van der Waals surface area contributed by atoms with Crippen LogP contribution in [-0.4, -0.2) is 37.8 Å². The van der Waals surface area contributed by atoms with Crippen LogP contribution >= 0.6 is 0 Å². The smallest absolute Gasteiger partial charge is 0.160 e. The normalized spacial score (nSPS) is 15.0. The Bertz CT molecular complexity index is 145. The number of methoxy groups -OCH3 is 1. The number of rotatable bonds is 11. The van der Waals surface area contributed by atoms with Gasteiger partial charge in [-0.15, -0.1) is 0 Å². The minimum Gasteiger partial charge on any atom is -0.385 e. The zero-order chi connectivity index (χ0) is 12.2. The maximum atomic E-state index is 9.60. The molecule has 98 valence electrons. The first-order valence-corrected chi connectivity index (χ1v) is 6.37. The summed E-state index contributed by atoms with van der Waals surface area (Å²) in [7, 11) is 1.72. The lowest BCUT2D eigenvalue weighted by Crippen LogP contribution is -2.46. The van der Waals surface area contributed by atoms with Crippen molar-refractivity contribution in [2.24, 2.45) is 0 Å². The average molecular weight is 232 g/mol. The van der Waals surface area contributed by atoms with Gasteiger partial charge < -0.3 is 9.84 Å². The van der Waals surface area contributed by atoms with E-state index in [1.54, 1.807) is 7.11 Å². The monoisotopic (exact) mass is 232 g/mol. The van der Waals surface area contributed by atoms with Crippen molar-refractivity contribution >= 4 is 0 Å². The van der Waals surface area contributed by atoms with Crippen LogP contribution in [0.5, 0.6) is 0 Å². The third-order valence-corrected chi connectivity index (χ3v) is 2.53. The minimum absolute atomic E-state index is 0.362. The summed E-state index contributed by atoms with van der Waals surface area (Å²) in [5, 5.41) is 15.8. The van der Waals surface area contributed by atoms with Gasteiger partial charge in [0.15, 0.2) is 6.35 Å². The van der Waals surface area contributed by atoms with Gasteiger partial charge in [-0.05, 0) is 39.2 Å². The van der Waals surface area contributed by atoms with Crippen LogP contribution in [0, 0.1) is 0 Å². The van der Waals surface area contributed by atoms with Crippen LogP contribution in [-0.2, 0) is 4.74 Å². The summed E-state index contributed by atoms with van der Waals surface area (Å²) in [6, 6.07) is 0.362. The van der Waals surface area contributed by atoms with E-state index in [0.29, 0.717) is 6.04 Å². The lowest BCUT2D eigenvalue weighted by atomic mass is 10.2. The Balaban J connectivity index is 3.26. The number of aliphatic hydroxyl groups is 1. The van der Waals surface area contributed by atoms with Gasteiger partial charge in [-0.1, -0.05) is 13.3 Å². The highest BCUT2D eigenvalue weighted by molar-refractivity contribution is 4.61. The highest BCUT2D eigenvalue weighted by Gasteiger charge is 2.06. The van der Waals surface area contributed by atoms with Crippen LogP contribution in [0.15, 0.2) is 0 Å². The Labute approximate surface area is 99.8 Å². The number of unbranched alkanes of at least 4 members (excludes halogenated alkanes) is 2. The van der Waals surface area contributed by atoms with Crippen LogP contribution in [0.3, 0.4) is 0 Å². The molecule has 0 rings (SSSR count). The molecule has 0 aromatic heterocycles. The zero-order valence-electron chi connectivity index (χ0n) is 11.0. The number of hydrogen-bond donors (Lipinski definition) is 3. The van der Waals surface area contributed by atoms with Gasteiger partial charge in [0.1, 0.15) is 0 Å². The number of aliphatic hydroxyl groups excluding tert-OH is 1. The maximum absolute atomic E-state index is 9.60. The van der Waals surface area contributed by atoms with Crippen LogP contribution in [0.4, 0.5) is 0 Å². The second-order valence-corrected chi connectivity index (χ2v) is 4.27. The Kier molecular flexibility index (Phi) is 11.2. The maximum Gasteiger partial charge on any atom is 0.160 e. The molecule has 0 spiro atoms. The fourth-order valence-electron chi connectivity index (χ4n) is 1.63. The van der Waals surface area contributed by atoms with Crippen LogP contribution < -0.4 is 10.6 Å². The third kappa shape index (κ3) is 10.4.